The van der Waals surface area contributed by atoms with Crippen LogP contribution >= 0.6 is 0 Å². The Morgan fingerprint density at radius 2 is 2.07 bits per heavy atom. The second-order valence-corrected chi connectivity index (χ2v) is 4.41. The van der Waals surface area contributed by atoms with Crippen LogP contribution in [0.5, 0.6) is 0 Å². The number of methoxy groups -OCH3 is 1. The van der Waals surface area contributed by atoms with E-state index in [9.17, 15) is 4.79 Å². The summed E-state index contributed by atoms with van der Waals surface area (Å²) < 4.78 is 5.05. The van der Waals surface area contributed by atoms with Gasteiger partial charge < -0.3 is 15.2 Å². The van der Waals surface area contributed by atoms with E-state index in [1.165, 1.54) is 0 Å². The van der Waals surface area contributed by atoms with Gasteiger partial charge in [0.05, 0.1) is 12.5 Å². The van der Waals surface area contributed by atoms with Crippen molar-refractivity contribution in [1.82, 2.24) is 5.32 Å². The van der Waals surface area contributed by atoms with Crippen molar-refractivity contribution in [3.8, 4) is 0 Å². The van der Waals surface area contributed by atoms with Gasteiger partial charge in [-0.15, -0.1) is 0 Å². The van der Waals surface area contributed by atoms with Gasteiger partial charge in [0.25, 0.3) is 0 Å². The van der Waals surface area contributed by atoms with E-state index < -0.39 is 5.97 Å². The molecule has 0 saturated heterocycles. The molecule has 1 fully saturated rings. The predicted octanol–water partition coefficient (Wildman–Crippen LogP) is 1.25. The first-order chi connectivity index (χ1) is 7.13. The normalized spacial score (nSPS) is 28.7. The highest BCUT2D eigenvalue weighted by Crippen LogP contribution is 2.24. The summed E-state index contributed by atoms with van der Waals surface area (Å²) in [6, 6.07) is 0.812. The minimum atomic E-state index is -0.640. The SMILES string of the molecule is COCC(C)NC1CCC(C(=O)O)CC1. The van der Waals surface area contributed by atoms with Crippen LogP contribution in [0.4, 0.5) is 0 Å². The highest BCUT2D eigenvalue weighted by atomic mass is 16.5. The molecule has 0 aromatic rings. The lowest BCUT2D eigenvalue weighted by Crippen LogP contribution is -2.41. The fourth-order valence-electron chi connectivity index (χ4n) is 2.21. The number of carboxylic acids is 1. The number of carbonyl (C=O) groups is 1. The summed E-state index contributed by atoms with van der Waals surface area (Å²) in [5.74, 6) is -0.765. The summed E-state index contributed by atoms with van der Waals surface area (Å²) in [4.78, 5) is 10.7. The number of ether oxygens (including phenoxy) is 1. The predicted molar refractivity (Wildman–Crippen MR) is 57.9 cm³/mol. The third kappa shape index (κ3) is 4.18. The summed E-state index contributed by atoms with van der Waals surface area (Å²) >= 11 is 0. The number of rotatable bonds is 5. The molecule has 4 heteroatoms. The van der Waals surface area contributed by atoms with Gasteiger partial charge in [-0.3, -0.25) is 4.79 Å². The van der Waals surface area contributed by atoms with Crippen LogP contribution in [0.3, 0.4) is 0 Å². The lowest BCUT2D eigenvalue weighted by atomic mass is 9.86. The second-order valence-electron chi connectivity index (χ2n) is 4.41. The standard InChI is InChI=1S/C11H21NO3/c1-8(7-15-2)12-10-5-3-9(4-6-10)11(13)14/h8-10,12H,3-7H2,1-2H3,(H,13,14). The summed E-state index contributed by atoms with van der Waals surface area (Å²) in [7, 11) is 1.69. The molecule has 0 aliphatic heterocycles. The number of carboxylic acid groups (broad SMARTS) is 1. The van der Waals surface area contributed by atoms with Crippen molar-refractivity contribution in [1.29, 1.82) is 0 Å². The zero-order valence-corrected chi connectivity index (χ0v) is 9.53. The smallest absolute Gasteiger partial charge is 0.306 e. The largest absolute Gasteiger partial charge is 0.481 e. The molecule has 0 heterocycles. The Labute approximate surface area is 91.0 Å². The summed E-state index contributed by atoms with van der Waals surface area (Å²) in [5.41, 5.74) is 0. The van der Waals surface area contributed by atoms with Gasteiger partial charge in [0.2, 0.25) is 0 Å². The van der Waals surface area contributed by atoms with E-state index in [0.717, 1.165) is 25.7 Å². The molecule has 0 radical (unpaired) electrons. The van der Waals surface area contributed by atoms with Crippen LogP contribution in [-0.4, -0.2) is 36.9 Å². The molecule has 1 unspecified atom stereocenters. The first-order valence-electron chi connectivity index (χ1n) is 5.61. The van der Waals surface area contributed by atoms with Gasteiger partial charge in [0, 0.05) is 19.2 Å². The Hall–Kier alpha value is -0.610. The molecule has 0 amide bonds. The molecule has 1 aliphatic rings. The molecule has 2 N–H and O–H groups in total. The van der Waals surface area contributed by atoms with E-state index in [-0.39, 0.29) is 5.92 Å². The summed E-state index contributed by atoms with van der Waals surface area (Å²) in [5, 5.41) is 12.3. The van der Waals surface area contributed by atoms with Crippen molar-refractivity contribution in [3.05, 3.63) is 0 Å². The van der Waals surface area contributed by atoms with E-state index >= 15 is 0 Å². The zero-order chi connectivity index (χ0) is 11.3. The fraction of sp³-hybridized carbons (Fsp3) is 0.909. The van der Waals surface area contributed by atoms with Gasteiger partial charge in [-0.1, -0.05) is 0 Å². The number of nitrogens with one attached hydrogen (secondary N) is 1. The van der Waals surface area contributed by atoms with Gasteiger partial charge >= 0.3 is 5.97 Å². The van der Waals surface area contributed by atoms with Crippen LogP contribution in [0.15, 0.2) is 0 Å². The summed E-state index contributed by atoms with van der Waals surface area (Å²) in [6.07, 6.45) is 3.52. The average Bonchev–Trinajstić information content (AvgIpc) is 2.18. The van der Waals surface area contributed by atoms with Crippen molar-refractivity contribution in [2.45, 2.75) is 44.7 Å². The maximum atomic E-state index is 10.7. The third-order valence-corrected chi connectivity index (χ3v) is 3.01. The Morgan fingerprint density at radius 3 is 2.53 bits per heavy atom. The lowest BCUT2D eigenvalue weighted by Gasteiger charge is -2.29. The number of hydrogen-bond donors (Lipinski definition) is 2. The Kier molecular flexibility index (Phi) is 5.05. The molecule has 1 saturated carbocycles. The molecule has 88 valence electrons. The first kappa shape index (κ1) is 12.5. The molecule has 4 nitrogen and oxygen atoms in total. The van der Waals surface area contributed by atoms with Gasteiger partial charge in [-0.2, -0.15) is 0 Å². The molecule has 15 heavy (non-hydrogen) atoms. The van der Waals surface area contributed by atoms with E-state index in [2.05, 4.69) is 12.2 Å². The van der Waals surface area contributed by atoms with Crippen LogP contribution in [0.1, 0.15) is 32.6 Å². The molecule has 0 bridgehead atoms. The van der Waals surface area contributed by atoms with Crippen LogP contribution in [0, 0.1) is 5.92 Å². The van der Waals surface area contributed by atoms with Gasteiger partial charge in [0.15, 0.2) is 0 Å². The first-order valence-corrected chi connectivity index (χ1v) is 5.61. The maximum Gasteiger partial charge on any atom is 0.306 e. The second kappa shape index (κ2) is 6.08. The van der Waals surface area contributed by atoms with Crippen LogP contribution in [-0.2, 0) is 9.53 Å². The molecule has 1 atom stereocenters. The minimum absolute atomic E-state index is 0.124. The Bertz CT molecular complexity index is 200. The number of hydrogen-bond acceptors (Lipinski definition) is 3. The van der Waals surface area contributed by atoms with E-state index in [0.29, 0.717) is 18.7 Å². The van der Waals surface area contributed by atoms with Crippen molar-refractivity contribution >= 4 is 5.97 Å². The van der Waals surface area contributed by atoms with Crippen molar-refractivity contribution in [2.75, 3.05) is 13.7 Å². The monoisotopic (exact) mass is 215 g/mol. The lowest BCUT2D eigenvalue weighted by molar-refractivity contribution is -0.142. The number of aliphatic carboxylic acids is 1. The molecule has 0 aromatic carbocycles. The Balaban J connectivity index is 2.22. The van der Waals surface area contributed by atoms with Crippen LogP contribution in [0.25, 0.3) is 0 Å². The maximum absolute atomic E-state index is 10.7. The van der Waals surface area contributed by atoms with Gasteiger partial charge in [-0.05, 0) is 32.6 Å². The zero-order valence-electron chi connectivity index (χ0n) is 9.53. The van der Waals surface area contributed by atoms with E-state index in [1.807, 2.05) is 0 Å². The van der Waals surface area contributed by atoms with Crippen molar-refractivity contribution < 1.29 is 14.6 Å². The molecule has 0 spiro atoms. The minimum Gasteiger partial charge on any atom is -0.481 e. The van der Waals surface area contributed by atoms with Crippen molar-refractivity contribution in [2.24, 2.45) is 5.92 Å². The fourth-order valence-corrected chi connectivity index (χ4v) is 2.21. The molecule has 1 rings (SSSR count). The molecular formula is C11H21NO3. The van der Waals surface area contributed by atoms with Gasteiger partial charge in [-0.25, -0.2) is 0 Å². The highest BCUT2D eigenvalue weighted by Gasteiger charge is 2.26. The highest BCUT2D eigenvalue weighted by molar-refractivity contribution is 5.70. The average molecular weight is 215 g/mol. The molecular weight excluding hydrogens is 194 g/mol. The topological polar surface area (TPSA) is 58.6 Å². The summed E-state index contributed by atoms with van der Waals surface area (Å²) in [6.45, 7) is 2.80. The van der Waals surface area contributed by atoms with E-state index in [4.69, 9.17) is 9.84 Å². The Morgan fingerprint density at radius 1 is 1.47 bits per heavy atom. The quantitative estimate of drug-likeness (QED) is 0.724. The van der Waals surface area contributed by atoms with Crippen molar-refractivity contribution in [3.63, 3.8) is 0 Å². The van der Waals surface area contributed by atoms with E-state index in [1.54, 1.807) is 7.11 Å². The third-order valence-electron chi connectivity index (χ3n) is 3.01. The molecule has 1 aliphatic carbocycles. The van der Waals surface area contributed by atoms with Crippen LogP contribution < -0.4 is 5.32 Å². The molecule has 0 aromatic heterocycles. The van der Waals surface area contributed by atoms with Crippen LogP contribution in [0.2, 0.25) is 0 Å². The van der Waals surface area contributed by atoms with Gasteiger partial charge in [0.1, 0.15) is 0 Å².